The lowest BCUT2D eigenvalue weighted by Gasteiger charge is -2.39. The van der Waals surface area contributed by atoms with E-state index in [0.29, 0.717) is 5.57 Å². The SMILES string of the molecule is CC1=C[C@@H](N(C)[O][AlH][I])CN(C(=O)OC(C)(C)C)[C@@H]1C(=O)O. The molecule has 0 aromatic carbocycles. The quantitative estimate of drug-likeness (QED) is 0.310. The van der Waals surface area contributed by atoms with Gasteiger partial charge < -0.3 is 13.7 Å². The van der Waals surface area contributed by atoms with Gasteiger partial charge in [-0.15, -0.1) is 0 Å². The fourth-order valence-electron chi connectivity index (χ4n) is 2.22. The molecular formula is C13H22AlIN2O5. The van der Waals surface area contributed by atoms with Crippen molar-refractivity contribution in [1.29, 1.82) is 0 Å². The van der Waals surface area contributed by atoms with Gasteiger partial charge in [0, 0.05) is 13.6 Å². The molecule has 0 bridgehead atoms. The third-order valence-electron chi connectivity index (χ3n) is 3.16. The van der Waals surface area contributed by atoms with Gasteiger partial charge in [0.25, 0.3) is 0 Å². The zero-order valence-electron chi connectivity index (χ0n) is 13.5. The van der Waals surface area contributed by atoms with Gasteiger partial charge in [-0.1, -0.05) is 6.08 Å². The molecule has 1 heterocycles. The fourth-order valence-corrected chi connectivity index (χ4v) is 3.88. The third kappa shape index (κ3) is 5.38. The minimum atomic E-state index is -1.06. The van der Waals surface area contributed by atoms with Gasteiger partial charge in [0.2, 0.25) is 0 Å². The van der Waals surface area contributed by atoms with E-state index in [1.54, 1.807) is 39.8 Å². The summed E-state index contributed by atoms with van der Waals surface area (Å²) in [5.74, 6) is -1.06. The lowest BCUT2D eigenvalue weighted by Crippen LogP contribution is -2.55. The molecule has 0 aromatic heterocycles. The van der Waals surface area contributed by atoms with Crippen LogP contribution in [-0.4, -0.2) is 70.7 Å². The Hall–Kier alpha value is -0.338. The molecule has 1 aliphatic rings. The molecule has 0 aromatic rings. The summed E-state index contributed by atoms with van der Waals surface area (Å²) < 4.78 is 10.9. The maximum atomic E-state index is 12.4. The number of ether oxygens (including phenoxy) is 1. The summed E-state index contributed by atoms with van der Waals surface area (Å²) in [5.41, 5.74) is -0.0810. The molecule has 7 nitrogen and oxygen atoms in total. The van der Waals surface area contributed by atoms with Gasteiger partial charge in [-0.05, 0) is 33.3 Å². The number of hydroxylamine groups is 2. The number of amides is 1. The lowest BCUT2D eigenvalue weighted by molar-refractivity contribution is -0.143. The van der Waals surface area contributed by atoms with Crippen molar-refractivity contribution in [3.8, 4) is 0 Å². The van der Waals surface area contributed by atoms with E-state index < -0.39 is 36.0 Å². The Balaban J connectivity index is 3.03. The number of hydrogen-bond acceptors (Lipinski definition) is 5. The van der Waals surface area contributed by atoms with Crippen molar-refractivity contribution in [2.45, 2.75) is 45.4 Å². The number of carboxylic acids is 1. The van der Waals surface area contributed by atoms with Crippen molar-refractivity contribution in [2.75, 3.05) is 13.6 Å². The summed E-state index contributed by atoms with van der Waals surface area (Å²) in [4.78, 5) is 25.1. The zero-order valence-corrected chi connectivity index (χ0v) is 17.1. The molecule has 0 saturated heterocycles. The number of carbonyl (C=O) groups excluding carboxylic acids is 1. The van der Waals surface area contributed by atoms with Crippen LogP contribution in [0.5, 0.6) is 0 Å². The topological polar surface area (TPSA) is 79.3 Å². The Kier molecular flexibility index (Phi) is 7.14. The average Bonchev–Trinajstić information content (AvgIpc) is 2.35. The Morgan fingerprint density at radius 3 is 2.55 bits per heavy atom. The summed E-state index contributed by atoms with van der Waals surface area (Å²) in [6.45, 7) is 7.17. The predicted molar refractivity (Wildman–Crippen MR) is 91.9 cm³/mol. The summed E-state index contributed by atoms with van der Waals surface area (Å²) >= 11 is 1.54. The molecule has 1 aliphatic heterocycles. The van der Waals surface area contributed by atoms with Crippen LogP contribution in [0.15, 0.2) is 11.6 Å². The third-order valence-corrected chi connectivity index (χ3v) is 4.50. The zero-order chi connectivity index (χ0) is 17.1. The van der Waals surface area contributed by atoms with Crippen LogP contribution in [0.25, 0.3) is 0 Å². The summed E-state index contributed by atoms with van der Waals surface area (Å²) in [5, 5.41) is 11.1. The second-order valence-electron chi connectivity index (χ2n) is 6.14. The highest BCUT2D eigenvalue weighted by Gasteiger charge is 2.39. The van der Waals surface area contributed by atoms with E-state index in [4.69, 9.17) is 8.63 Å². The molecular weight excluding hydrogens is 418 g/mol. The van der Waals surface area contributed by atoms with Gasteiger partial charge >= 0.3 is 24.3 Å². The van der Waals surface area contributed by atoms with Crippen molar-refractivity contribution in [3.05, 3.63) is 11.6 Å². The van der Waals surface area contributed by atoms with Gasteiger partial charge in [0.15, 0.2) is 6.04 Å². The molecule has 124 valence electrons. The van der Waals surface area contributed by atoms with E-state index in [9.17, 15) is 14.7 Å². The van der Waals surface area contributed by atoms with Gasteiger partial charge in [0.1, 0.15) is 5.60 Å². The summed E-state index contributed by atoms with van der Waals surface area (Å²) in [7, 11) is 1.79. The molecule has 0 aliphatic carbocycles. The van der Waals surface area contributed by atoms with Gasteiger partial charge in [0.05, 0.1) is 6.04 Å². The van der Waals surface area contributed by atoms with Crippen LogP contribution in [0.1, 0.15) is 27.7 Å². The number of halogens is 1. The largest absolute Gasteiger partial charge is 0.547 e. The Labute approximate surface area is 148 Å². The number of hydrogen-bond donors (Lipinski definition) is 1. The number of likely N-dealkylation sites (N-methyl/N-ethyl adjacent to an activating group) is 1. The molecule has 0 saturated carbocycles. The van der Waals surface area contributed by atoms with Crippen LogP contribution in [0.2, 0.25) is 0 Å². The number of aliphatic carboxylic acids is 1. The Morgan fingerprint density at radius 2 is 2.09 bits per heavy atom. The monoisotopic (exact) mass is 440 g/mol. The molecule has 0 unspecified atom stereocenters. The Morgan fingerprint density at radius 1 is 1.50 bits per heavy atom. The van der Waals surface area contributed by atoms with E-state index >= 15 is 0 Å². The van der Waals surface area contributed by atoms with Crippen molar-refractivity contribution in [2.24, 2.45) is 0 Å². The van der Waals surface area contributed by atoms with E-state index in [0.717, 1.165) is 0 Å². The standard InChI is InChI=1S/C13H21N2O5.Al.HI.H/c1-8-6-9(14(5)19)7-15(10(8)11(16)17)12(18)20-13(2,3)4;;;/h6,9-10H,7H2,1-5H3,(H,16,17);;1H;/q-1;+2;;/p-1/t9-,10+;;;/m1.../s1. The van der Waals surface area contributed by atoms with E-state index in [1.165, 1.54) is 4.90 Å². The smallest absolute Gasteiger partial charge is 0.479 e. The first-order valence-electron chi connectivity index (χ1n) is 6.89. The van der Waals surface area contributed by atoms with Gasteiger partial charge in [-0.3, -0.25) is 4.90 Å². The van der Waals surface area contributed by atoms with Crippen LogP contribution in [0.4, 0.5) is 4.79 Å². The second kappa shape index (κ2) is 7.97. The first-order valence-corrected chi connectivity index (χ1v) is 12.6. The highest BCUT2D eigenvalue weighted by Crippen LogP contribution is 2.23. The van der Waals surface area contributed by atoms with Crippen molar-refractivity contribution < 1.29 is 23.3 Å². The van der Waals surface area contributed by atoms with Crippen molar-refractivity contribution in [3.63, 3.8) is 0 Å². The van der Waals surface area contributed by atoms with Crippen LogP contribution in [0.3, 0.4) is 0 Å². The van der Waals surface area contributed by atoms with Crippen LogP contribution >= 0.6 is 20.3 Å². The predicted octanol–water partition coefficient (Wildman–Crippen LogP) is 1.57. The van der Waals surface area contributed by atoms with E-state index in [2.05, 4.69) is 20.3 Å². The van der Waals surface area contributed by atoms with Crippen molar-refractivity contribution in [1.82, 2.24) is 9.96 Å². The molecule has 1 amide bonds. The second-order valence-corrected chi connectivity index (χ2v) is 8.48. The highest BCUT2D eigenvalue weighted by molar-refractivity contribution is 14.1. The fraction of sp³-hybridized carbons (Fsp3) is 0.692. The highest BCUT2D eigenvalue weighted by atomic mass is 127. The first-order chi connectivity index (χ1) is 10.1. The number of carboxylic acid groups (broad SMARTS) is 1. The molecule has 0 spiro atoms. The normalized spacial score (nSPS) is 22.3. The molecule has 22 heavy (non-hydrogen) atoms. The average molecular weight is 440 g/mol. The number of rotatable bonds is 4. The number of nitrogens with zero attached hydrogens (tertiary/aromatic N) is 2. The minimum Gasteiger partial charge on any atom is -0.479 e. The summed E-state index contributed by atoms with van der Waals surface area (Å²) in [6, 6.07) is -1.19. The van der Waals surface area contributed by atoms with Crippen LogP contribution < -0.4 is 0 Å². The maximum absolute atomic E-state index is 12.4. The van der Waals surface area contributed by atoms with Gasteiger partial charge in [-0.2, -0.15) is 20.3 Å². The first kappa shape index (κ1) is 19.7. The minimum absolute atomic E-state index is 0.189. The van der Waals surface area contributed by atoms with Crippen LogP contribution in [-0.2, 0) is 13.4 Å². The van der Waals surface area contributed by atoms with Crippen LogP contribution in [0, 0.1) is 0 Å². The van der Waals surface area contributed by atoms with E-state index in [1.807, 2.05) is 6.08 Å². The molecule has 0 radical (unpaired) electrons. The molecule has 9 heteroatoms. The van der Waals surface area contributed by atoms with E-state index in [-0.39, 0.29) is 12.6 Å². The summed E-state index contributed by atoms with van der Waals surface area (Å²) in [6.07, 6.45) is 1.21. The molecule has 0 fully saturated rings. The molecule has 2 atom stereocenters. The lowest BCUT2D eigenvalue weighted by atomic mass is 9.99. The molecule has 1 N–H and O–H groups in total. The van der Waals surface area contributed by atoms with Crippen molar-refractivity contribution >= 4 is 44.6 Å². The molecule has 1 rings (SSSR count). The Bertz CT molecular complexity index is 466. The van der Waals surface area contributed by atoms with Gasteiger partial charge in [-0.25, -0.2) is 14.7 Å². The maximum Gasteiger partial charge on any atom is 0.547 e. The number of carbonyl (C=O) groups is 2.